The molecule has 16 heavy (non-hydrogen) atoms. The maximum absolute atomic E-state index is 13.4. The number of methoxy groups -OCH3 is 1. The van der Waals surface area contributed by atoms with Crippen LogP contribution in [0, 0.1) is 11.7 Å². The van der Waals surface area contributed by atoms with Crippen molar-refractivity contribution in [2.24, 2.45) is 5.92 Å². The zero-order valence-corrected chi connectivity index (χ0v) is 11.0. The van der Waals surface area contributed by atoms with Gasteiger partial charge < -0.3 is 4.74 Å². The molecule has 0 spiro atoms. The third-order valence-corrected chi connectivity index (χ3v) is 4.26. The largest absolute Gasteiger partial charge is 0.494 e. The van der Waals surface area contributed by atoms with E-state index >= 15 is 0 Å². The van der Waals surface area contributed by atoms with Gasteiger partial charge in [0, 0.05) is 4.83 Å². The predicted molar refractivity (Wildman–Crippen MR) is 66.7 cm³/mol. The lowest BCUT2D eigenvalue weighted by atomic mass is 10.1. The zero-order chi connectivity index (χ0) is 11.5. The van der Waals surface area contributed by atoms with Gasteiger partial charge in [-0.05, 0) is 49.3 Å². The molecule has 88 valence electrons. The van der Waals surface area contributed by atoms with Crippen molar-refractivity contribution in [3.63, 3.8) is 0 Å². The minimum atomic E-state index is -0.266. The second-order valence-corrected chi connectivity index (χ2v) is 5.54. The molecule has 1 unspecified atom stereocenters. The fourth-order valence-electron chi connectivity index (χ4n) is 1.86. The molecule has 0 radical (unpaired) electrons. The fourth-order valence-corrected chi connectivity index (χ4v) is 2.62. The molecule has 0 saturated heterocycles. The summed E-state index contributed by atoms with van der Waals surface area (Å²) < 4.78 is 18.3. The zero-order valence-electron chi connectivity index (χ0n) is 9.38. The van der Waals surface area contributed by atoms with E-state index in [9.17, 15) is 4.39 Å². The van der Waals surface area contributed by atoms with Gasteiger partial charge in [0.1, 0.15) is 0 Å². The molecule has 0 N–H and O–H groups in total. The van der Waals surface area contributed by atoms with Crippen LogP contribution in [0.25, 0.3) is 0 Å². The van der Waals surface area contributed by atoms with Gasteiger partial charge in [0.2, 0.25) is 0 Å². The van der Waals surface area contributed by atoms with Crippen molar-refractivity contribution in [3.8, 4) is 5.75 Å². The van der Waals surface area contributed by atoms with E-state index in [4.69, 9.17) is 4.74 Å². The van der Waals surface area contributed by atoms with E-state index in [1.807, 2.05) is 6.07 Å². The Balaban J connectivity index is 1.91. The van der Waals surface area contributed by atoms with Gasteiger partial charge in [-0.25, -0.2) is 4.39 Å². The smallest absolute Gasteiger partial charge is 0.165 e. The third kappa shape index (κ3) is 2.97. The van der Waals surface area contributed by atoms with Gasteiger partial charge in [-0.3, -0.25) is 0 Å². The van der Waals surface area contributed by atoms with E-state index in [1.54, 1.807) is 12.1 Å². The second kappa shape index (κ2) is 5.17. The maximum atomic E-state index is 13.4. The van der Waals surface area contributed by atoms with Crippen LogP contribution >= 0.6 is 15.9 Å². The molecular formula is C13H16BrFO. The standard InChI is InChI=1S/C13H16BrFO/c1-16-13-7-3-9(8-12(13)15)2-6-11(14)10-4-5-10/h3,7-8,10-11H,2,4-6H2,1H3. The van der Waals surface area contributed by atoms with Crippen LogP contribution in [0.15, 0.2) is 18.2 Å². The van der Waals surface area contributed by atoms with Crippen molar-refractivity contribution < 1.29 is 9.13 Å². The van der Waals surface area contributed by atoms with E-state index in [0.717, 1.165) is 24.3 Å². The molecule has 0 amide bonds. The van der Waals surface area contributed by atoms with Gasteiger partial charge in [-0.2, -0.15) is 0 Å². The Morgan fingerprint density at radius 3 is 2.81 bits per heavy atom. The molecule has 1 aliphatic carbocycles. The van der Waals surface area contributed by atoms with Gasteiger partial charge in [-0.1, -0.05) is 22.0 Å². The molecular weight excluding hydrogens is 271 g/mol. The van der Waals surface area contributed by atoms with Crippen LogP contribution in [0.3, 0.4) is 0 Å². The molecule has 1 aliphatic rings. The summed E-state index contributed by atoms with van der Waals surface area (Å²) in [5.74, 6) is 0.905. The summed E-state index contributed by atoms with van der Waals surface area (Å²) >= 11 is 3.69. The van der Waals surface area contributed by atoms with Gasteiger partial charge in [0.05, 0.1) is 7.11 Å². The molecule has 1 aromatic rings. The second-order valence-electron chi connectivity index (χ2n) is 4.36. The average molecular weight is 287 g/mol. The predicted octanol–water partition coefficient (Wildman–Crippen LogP) is 3.94. The first kappa shape index (κ1) is 11.9. The highest BCUT2D eigenvalue weighted by Crippen LogP contribution is 2.38. The lowest BCUT2D eigenvalue weighted by molar-refractivity contribution is 0.386. The SMILES string of the molecule is COc1ccc(CCC(Br)C2CC2)cc1F. The molecule has 3 heteroatoms. The van der Waals surface area contributed by atoms with Crippen LogP contribution in [0.5, 0.6) is 5.75 Å². The Morgan fingerprint density at radius 2 is 2.25 bits per heavy atom. The van der Waals surface area contributed by atoms with Crippen molar-refractivity contribution in [3.05, 3.63) is 29.6 Å². The first-order valence-corrected chi connectivity index (χ1v) is 6.58. The van der Waals surface area contributed by atoms with Gasteiger partial charge >= 0.3 is 0 Å². The third-order valence-electron chi connectivity index (χ3n) is 3.06. The number of ether oxygens (including phenoxy) is 1. The normalized spacial score (nSPS) is 17.2. The molecule has 1 fully saturated rings. The van der Waals surface area contributed by atoms with Gasteiger partial charge in [0.15, 0.2) is 11.6 Å². The number of rotatable bonds is 5. The summed E-state index contributed by atoms with van der Waals surface area (Å²) in [5, 5.41) is 0. The van der Waals surface area contributed by atoms with Crippen molar-refractivity contribution in [2.45, 2.75) is 30.5 Å². The minimum Gasteiger partial charge on any atom is -0.494 e. The highest BCUT2D eigenvalue weighted by Gasteiger charge is 2.28. The summed E-state index contributed by atoms with van der Waals surface area (Å²) in [4.78, 5) is 0.595. The molecule has 0 bridgehead atoms. The Hall–Kier alpha value is -0.570. The Labute approximate surface area is 104 Å². The lowest BCUT2D eigenvalue weighted by Gasteiger charge is -2.09. The van der Waals surface area contributed by atoms with Gasteiger partial charge in [-0.15, -0.1) is 0 Å². The first-order valence-electron chi connectivity index (χ1n) is 5.67. The maximum Gasteiger partial charge on any atom is 0.165 e. The van der Waals surface area contributed by atoms with E-state index in [-0.39, 0.29) is 5.82 Å². The molecule has 0 aromatic heterocycles. The summed E-state index contributed by atoms with van der Waals surface area (Å²) in [6.07, 6.45) is 4.68. The van der Waals surface area contributed by atoms with Crippen molar-refractivity contribution >= 4 is 15.9 Å². The van der Waals surface area contributed by atoms with Crippen LogP contribution in [0.2, 0.25) is 0 Å². The van der Waals surface area contributed by atoms with E-state index in [1.165, 1.54) is 20.0 Å². The Bertz CT molecular complexity index is 363. The molecule has 0 aliphatic heterocycles. The van der Waals surface area contributed by atoms with Crippen LogP contribution in [-0.4, -0.2) is 11.9 Å². The van der Waals surface area contributed by atoms with Crippen molar-refractivity contribution in [1.82, 2.24) is 0 Å². The highest BCUT2D eigenvalue weighted by molar-refractivity contribution is 9.09. The van der Waals surface area contributed by atoms with Gasteiger partial charge in [0.25, 0.3) is 0 Å². The minimum absolute atomic E-state index is 0.266. The van der Waals surface area contributed by atoms with Crippen LogP contribution < -0.4 is 4.74 Å². The van der Waals surface area contributed by atoms with Crippen LogP contribution in [0.1, 0.15) is 24.8 Å². The molecule has 2 rings (SSSR count). The summed E-state index contributed by atoms with van der Waals surface area (Å²) in [5.41, 5.74) is 1.04. The quantitative estimate of drug-likeness (QED) is 0.745. The van der Waals surface area contributed by atoms with E-state index in [0.29, 0.717) is 10.6 Å². The Kier molecular flexibility index (Phi) is 3.85. The van der Waals surface area contributed by atoms with Crippen molar-refractivity contribution in [2.75, 3.05) is 7.11 Å². The van der Waals surface area contributed by atoms with E-state index in [2.05, 4.69) is 15.9 Å². The molecule has 1 aromatic carbocycles. The first-order chi connectivity index (χ1) is 7.70. The number of alkyl halides is 1. The number of aryl methyl sites for hydroxylation is 1. The number of hydrogen-bond acceptors (Lipinski definition) is 1. The summed E-state index contributed by atoms with van der Waals surface area (Å²) in [7, 11) is 1.49. The Morgan fingerprint density at radius 1 is 1.50 bits per heavy atom. The van der Waals surface area contributed by atoms with Crippen LogP contribution in [-0.2, 0) is 6.42 Å². The topological polar surface area (TPSA) is 9.23 Å². The number of hydrogen-bond donors (Lipinski definition) is 0. The average Bonchev–Trinajstić information content (AvgIpc) is 3.10. The molecule has 0 heterocycles. The molecule has 1 nitrogen and oxygen atoms in total. The highest BCUT2D eigenvalue weighted by atomic mass is 79.9. The summed E-state index contributed by atoms with van der Waals surface area (Å²) in [6, 6.07) is 5.21. The lowest BCUT2D eigenvalue weighted by Crippen LogP contribution is -2.02. The fraction of sp³-hybridized carbons (Fsp3) is 0.538. The summed E-state index contributed by atoms with van der Waals surface area (Å²) in [6.45, 7) is 0. The van der Waals surface area contributed by atoms with Crippen molar-refractivity contribution in [1.29, 1.82) is 0 Å². The molecule has 1 atom stereocenters. The number of benzene rings is 1. The molecule has 1 saturated carbocycles. The van der Waals surface area contributed by atoms with E-state index < -0.39 is 0 Å². The number of halogens is 2. The van der Waals surface area contributed by atoms with Crippen LogP contribution in [0.4, 0.5) is 4.39 Å². The monoisotopic (exact) mass is 286 g/mol.